The first-order valence-electron chi connectivity index (χ1n) is 10.1. The quantitative estimate of drug-likeness (QED) is 0.862. The van der Waals surface area contributed by atoms with Gasteiger partial charge in [0.15, 0.2) is 0 Å². The summed E-state index contributed by atoms with van der Waals surface area (Å²) in [7, 11) is 0. The van der Waals surface area contributed by atoms with Crippen LogP contribution in [0.25, 0.3) is 0 Å². The van der Waals surface area contributed by atoms with Crippen LogP contribution in [0.5, 0.6) is 0 Å². The van der Waals surface area contributed by atoms with Gasteiger partial charge in [0.2, 0.25) is 0 Å². The van der Waals surface area contributed by atoms with Crippen molar-refractivity contribution in [1.82, 2.24) is 9.80 Å². The Morgan fingerprint density at radius 3 is 2.56 bits per heavy atom. The van der Waals surface area contributed by atoms with Gasteiger partial charge in [-0.3, -0.25) is 4.79 Å². The van der Waals surface area contributed by atoms with Gasteiger partial charge in [-0.15, -0.1) is 0 Å². The lowest BCUT2D eigenvalue weighted by atomic mass is 10.0. The summed E-state index contributed by atoms with van der Waals surface area (Å²) in [6, 6.07) is 6.15. The Hall–Kier alpha value is -2.08. The van der Waals surface area contributed by atoms with Gasteiger partial charge in [0.05, 0.1) is 0 Å². The number of benzene rings is 1. The van der Waals surface area contributed by atoms with Crippen LogP contribution in [-0.4, -0.2) is 60.6 Å². The predicted molar refractivity (Wildman–Crippen MR) is 106 cm³/mol. The van der Waals surface area contributed by atoms with E-state index < -0.39 is 0 Å². The summed E-state index contributed by atoms with van der Waals surface area (Å²) in [5.74, 6) is 0.0751. The van der Waals surface area contributed by atoms with Crippen LogP contribution >= 0.6 is 0 Å². The molecule has 2 aliphatic heterocycles. The largest absolute Gasteiger partial charge is 0.368 e. The van der Waals surface area contributed by atoms with E-state index in [2.05, 4.69) is 24.4 Å². The molecule has 2 aliphatic rings. The Balaban J connectivity index is 1.50. The molecule has 27 heavy (non-hydrogen) atoms. The zero-order valence-corrected chi connectivity index (χ0v) is 16.5. The molecule has 3 amide bonds. The molecule has 1 aromatic carbocycles. The Kier molecular flexibility index (Phi) is 6.72. The number of nitrogens with one attached hydrogen (secondary N) is 1. The Bertz CT molecular complexity index is 663. The molecule has 1 N–H and O–H groups in total. The van der Waals surface area contributed by atoms with Crippen LogP contribution in [0.15, 0.2) is 18.2 Å². The molecule has 2 heterocycles. The molecular formula is C21H31N3O3. The van der Waals surface area contributed by atoms with Gasteiger partial charge in [0.1, 0.15) is 6.10 Å². The van der Waals surface area contributed by atoms with Gasteiger partial charge in [0, 0.05) is 38.5 Å². The fourth-order valence-corrected chi connectivity index (χ4v) is 3.70. The van der Waals surface area contributed by atoms with Gasteiger partial charge in [-0.2, -0.15) is 0 Å². The normalized spacial score (nSPS) is 20.0. The van der Waals surface area contributed by atoms with Crippen LogP contribution in [0.2, 0.25) is 0 Å². The minimum Gasteiger partial charge on any atom is -0.368 e. The second-order valence-corrected chi connectivity index (χ2v) is 7.50. The second kappa shape index (κ2) is 9.22. The number of hydrogen-bond acceptors (Lipinski definition) is 3. The molecule has 0 bridgehead atoms. The van der Waals surface area contributed by atoms with E-state index >= 15 is 0 Å². The highest BCUT2D eigenvalue weighted by Crippen LogP contribution is 2.20. The number of nitrogens with zero attached hydrogens (tertiary/aromatic N) is 2. The maximum absolute atomic E-state index is 12.6. The van der Waals surface area contributed by atoms with Crippen molar-refractivity contribution >= 4 is 17.6 Å². The highest BCUT2D eigenvalue weighted by atomic mass is 16.5. The monoisotopic (exact) mass is 373 g/mol. The van der Waals surface area contributed by atoms with Crippen LogP contribution in [0.4, 0.5) is 10.5 Å². The number of anilines is 1. The number of ether oxygens (including phenoxy) is 1. The summed E-state index contributed by atoms with van der Waals surface area (Å²) in [6.07, 6.45) is 4.92. The average Bonchev–Trinajstić information content (AvgIpc) is 3.22. The molecule has 2 saturated heterocycles. The molecule has 0 saturated carbocycles. The molecule has 1 unspecified atom stereocenters. The van der Waals surface area contributed by atoms with E-state index in [4.69, 9.17) is 4.74 Å². The summed E-state index contributed by atoms with van der Waals surface area (Å²) in [5, 5.41) is 3.02. The molecule has 6 heteroatoms. The van der Waals surface area contributed by atoms with Crippen molar-refractivity contribution in [2.75, 3.05) is 38.1 Å². The predicted octanol–water partition coefficient (Wildman–Crippen LogP) is 3.19. The van der Waals surface area contributed by atoms with Crippen molar-refractivity contribution in [3.63, 3.8) is 0 Å². The van der Waals surface area contributed by atoms with Crippen molar-refractivity contribution in [3.05, 3.63) is 29.3 Å². The first kappa shape index (κ1) is 19.7. The van der Waals surface area contributed by atoms with Gasteiger partial charge in [0.25, 0.3) is 5.91 Å². The molecule has 0 aliphatic carbocycles. The molecule has 1 atom stereocenters. The highest BCUT2D eigenvalue weighted by molar-refractivity contribution is 5.90. The van der Waals surface area contributed by atoms with E-state index in [9.17, 15) is 9.59 Å². The maximum atomic E-state index is 12.6. The molecule has 6 nitrogen and oxygen atoms in total. The molecular weight excluding hydrogens is 342 g/mol. The topological polar surface area (TPSA) is 61.9 Å². The molecule has 0 radical (unpaired) electrons. The van der Waals surface area contributed by atoms with Crippen molar-refractivity contribution < 1.29 is 14.3 Å². The zero-order valence-electron chi connectivity index (χ0n) is 16.5. The van der Waals surface area contributed by atoms with Gasteiger partial charge in [-0.05, 0) is 49.8 Å². The number of rotatable bonds is 5. The van der Waals surface area contributed by atoms with Gasteiger partial charge < -0.3 is 19.9 Å². The van der Waals surface area contributed by atoms with Crippen molar-refractivity contribution in [3.8, 4) is 0 Å². The highest BCUT2D eigenvalue weighted by Gasteiger charge is 2.31. The van der Waals surface area contributed by atoms with Gasteiger partial charge >= 0.3 is 6.03 Å². The molecule has 2 fully saturated rings. The van der Waals surface area contributed by atoms with Crippen LogP contribution in [0.1, 0.15) is 43.7 Å². The Morgan fingerprint density at radius 2 is 1.93 bits per heavy atom. The second-order valence-electron chi connectivity index (χ2n) is 7.50. The van der Waals surface area contributed by atoms with E-state index in [1.165, 1.54) is 18.4 Å². The summed E-state index contributed by atoms with van der Waals surface area (Å²) < 4.78 is 5.48. The number of urea groups is 1. The average molecular weight is 373 g/mol. The SMILES string of the molecule is CCCCc1ccc(NC(=O)N2CCN(C(=O)C3CCCO3)CC2)c(C)c1. The Morgan fingerprint density at radius 1 is 1.19 bits per heavy atom. The van der Waals surface area contributed by atoms with Crippen molar-refractivity contribution in [2.45, 2.75) is 52.1 Å². The first-order chi connectivity index (χ1) is 13.1. The van der Waals surface area contributed by atoms with E-state index in [1.807, 2.05) is 17.9 Å². The van der Waals surface area contributed by atoms with Gasteiger partial charge in [-0.25, -0.2) is 4.79 Å². The van der Waals surface area contributed by atoms with Crippen LogP contribution < -0.4 is 5.32 Å². The smallest absolute Gasteiger partial charge is 0.321 e. The minimum atomic E-state index is -0.278. The molecule has 1 aromatic rings. The fraction of sp³-hybridized carbons (Fsp3) is 0.619. The molecule has 3 rings (SSSR count). The number of carbonyl (C=O) groups is 2. The van der Waals surface area contributed by atoms with E-state index in [-0.39, 0.29) is 18.0 Å². The number of unbranched alkanes of at least 4 members (excludes halogenated alkanes) is 1. The minimum absolute atomic E-state index is 0.0751. The van der Waals surface area contributed by atoms with Crippen LogP contribution in [0, 0.1) is 6.92 Å². The van der Waals surface area contributed by atoms with Crippen molar-refractivity contribution in [2.24, 2.45) is 0 Å². The number of piperazine rings is 1. The van der Waals surface area contributed by atoms with Crippen molar-refractivity contribution in [1.29, 1.82) is 0 Å². The van der Waals surface area contributed by atoms with E-state index in [0.717, 1.165) is 30.5 Å². The molecule has 0 aromatic heterocycles. The number of hydrogen-bond donors (Lipinski definition) is 1. The lowest BCUT2D eigenvalue weighted by Crippen LogP contribution is -2.53. The lowest BCUT2D eigenvalue weighted by molar-refractivity contribution is -0.142. The Labute approximate surface area is 161 Å². The summed E-state index contributed by atoms with van der Waals surface area (Å²) in [4.78, 5) is 28.6. The number of amides is 3. The fourth-order valence-electron chi connectivity index (χ4n) is 3.70. The van der Waals surface area contributed by atoms with Crippen LogP contribution in [-0.2, 0) is 16.0 Å². The first-order valence-corrected chi connectivity index (χ1v) is 10.1. The standard InChI is InChI=1S/C21H31N3O3/c1-3-4-6-17-8-9-18(16(2)15-17)22-21(26)24-12-10-23(11-13-24)20(25)19-7-5-14-27-19/h8-9,15,19H,3-7,10-14H2,1-2H3,(H,22,26). The number of carbonyl (C=O) groups excluding carboxylic acids is 2. The molecule has 148 valence electrons. The van der Waals surface area contributed by atoms with Gasteiger partial charge in [-0.1, -0.05) is 25.5 Å². The summed E-state index contributed by atoms with van der Waals surface area (Å²) in [5.41, 5.74) is 3.26. The molecule has 0 spiro atoms. The third kappa shape index (κ3) is 5.01. The van der Waals surface area contributed by atoms with E-state index in [1.54, 1.807) is 4.90 Å². The summed E-state index contributed by atoms with van der Waals surface area (Å²) >= 11 is 0. The maximum Gasteiger partial charge on any atom is 0.321 e. The third-order valence-electron chi connectivity index (χ3n) is 5.44. The van der Waals surface area contributed by atoms with E-state index in [0.29, 0.717) is 32.8 Å². The lowest BCUT2D eigenvalue weighted by Gasteiger charge is -2.35. The zero-order chi connectivity index (χ0) is 19.2. The summed E-state index contributed by atoms with van der Waals surface area (Å²) in [6.45, 7) is 7.14. The number of aryl methyl sites for hydroxylation is 2. The van der Waals surface area contributed by atoms with Crippen LogP contribution in [0.3, 0.4) is 0 Å². The third-order valence-corrected chi connectivity index (χ3v) is 5.44.